The number of carbonyl (C=O) groups is 2. The van der Waals surface area contributed by atoms with Gasteiger partial charge < -0.3 is 15.0 Å². The molecule has 0 bridgehead atoms. The van der Waals surface area contributed by atoms with Crippen LogP contribution in [0.5, 0.6) is 0 Å². The molecular weight excluding hydrogens is 351 g/mol. The highest BCUT2D eigenvalue weighted by Crippen LogP contribution is 2.05. The molecule has 0 aliphatic rings. The standard InChI is InChI=1S/C17H22Cl2N2O3/c1-24-17(23)15(13-14-5-3-2-4-6-14)20-16(22)7-10-21(11-8-18)12-9-19/h2-7,10,15H,8-9,11-13H2,1H3,(H,20,22). The molecule has 1 atom stereocenters. The number of methoxy groups -OCH3 is 1. The third kappa shape index (κ3) is 7.70. The van der Waals surface area contributed by atoms with Crippen LogP contribution in [0.2, 0.25) is 0 Å². The molecular formula is C17H22Cl2N2O3. The summed E-state index contributed by atoms with van der Waals surface area (Å²) in [6.45, 7) is 1.17. The van der Waals surface area contributed by atoms with E-state index in [1.165, 1.54) is 13.2 Å². The van der Waals surface area contributed by atoms with Crippen LogP contribution in [0, 0.1) is 0 Å². The van der Waals surface area contributed by atoms with E-state index in [1.807, 2.05) is 35.2 Å². The molecule has 0 aliphatic heterocycles. The zero-order valence-corrected chi connectivity index (χ0v) is 15.1. The summed E-state index contributed by atoms with van der Waals surface area (Å²) in [6, 6.07) is 8.68. The molecule has 0 aliphatic carbocycles. The number of esters is 1. The van der Waals surface area contributed by atoms with E-state index in [0.717, 1.165) is 5.56 Å². The van der Waals surface area contributed by atoms with Crippen molar-refractivity contribution < 1.29 is 14.3 Å². The monoisotopic (exact) mass is 372 g/mol. The lowest BCUT2D eigenvalue weighted by Gasteiger charge is -2.18. The lowest BCUT2D eigenvalue weighted by Crippen LogP contribution is -2.42. The first-order valence-corrected chi connectivity index (χ1v) is 8.64. The number of halogens is 2. The summed E-state index contributed by atoms with van der Waals surface area (Å²) < 4.78 is 4.77. The van der Waals surface area contributed by atoms with Gasteiger partial charge in [-0.3, -0.25) is 4.79 Å². The molecule has 0 saturated carbocycles. The first-order chi connectivity index (χ1) is 11.6. The Kier molecular flexibility index (Phi) is 9.96. The van der Waals surface area contributed by atoms with Crippen LogP contribution in [0.25, 0.3) is 0 Å². The molecule has 1 rings (SSSR count). The Hall–Kier alpha value is -1.72. The van der Waals surface area contributed by atoms with E-state index >= 15 is 0 Å². The maximum atomic E-state index is 12.1. The predicted molar refractivity (Wildman–Crippen MR) is 96.2 cm³/mol. The third-order valence-corrected chi connectivity index (χ3v) is 3.60. The van der Waals surface area contributed by atoms with E-state index in [2.05, 4.69) is 5.32 Å². The van der Waals surface area contributed by atoms with Gasteiger partial charge in [-0.05, 0) is 5.56 Å². The maximum Gasteiger partial charge on any atom is 0.328 e. The minimum atomic E-state index is -0.746. The topological polar surface area (TPSA) is 58.6 Å². The first kappa shape index (κ1) is 20.3. The average Bonchev–Trinajstić information content (AvgIpc) is 2.59. The van der Waals surface area contributed by atoms with E-state index in [4.69, 9.17) is 27.9 Å². The minimum Gasteiger partial charge on any atom is -0.467 e. The third-order valence-electron chi connectivity index (χ3n) is 3.27. The number of amides is 1. The molecule has 0 aromatic heterocycles. The summed E-state index contributed by atoms with van der Waals surface area (Å²) in [5.41, 5.74) is 0.933. The molecule has 0 fully saturated rings. The molecule has 7 heteroatoms. The molecule has 1 unspecified atom stereocenters. The number of hydrogen-bond acceptors (Lipinski definition) is 4. The van der Waals surface area contributed by atoms with Crippen molar-refractivity contribution in [1.82, 2.24) is 10.2 Å². The molecule has 1 aromatic rings. The van der Waals surface area contributed by atoms with E-state index in [0.29, 0.717) is 31.3 Å². The van der Waals surface area contributed by atoms with Gasteiger partial charge in [-0.2, -0.15) is 0 Å². The molecule has 0 spiro atoms. The highest BCUT2D eigenvalue weighted by molar-refractivity contribution is 6.18. The van der Waals surface area contributed by atoms with Crippen molar-refractivity contribution >= 4 is 35.1 Å². The SMILES string of the molecule is COC(=O)C(Cc1ccccc1)NC(=O)C=CN(CCCl)CCCl. The summed E-state index contributed by atoms with van der Waals surface area (Å²) in [7, 11) is 1.30. The molecule has 0 saturated heterocycles. The number of carbonyl (C=O) groups excluding carboxylic acids is 2. The van der Waals surface area contributed by atoms with E-state index < -0.39 is 12.0 Å². The molecule has 1 aromatic carbocycles. The Morgan fingerprint density at radius 1 is 1.21 bits per heavy atom. The average molecular weight is 373 g/mol. The molecule has 5 nitrogen and oxygen atoms in total. The van der Waals surface area contributed by atoms with Gasteiger partial charge in [-0.15, -0.1) is 23.2 Å². The quantitative estimate of drug-likeness (QED) is 0.388. The van der Waals surface area contributed by atoms with Gasteiger partial charge in [0.2, 0.25) is 5.91 Å². The maximum absolute atomic E-state index is 12.1. The molecule has 0 radical (unpaired) electrons. The zero-order valence-electron chi connectivity index (χ0n) is 13.6. The highest BCUT2D eigenvalue weighted by atomic mass is 35.5. The first-order valence-electron chi connectivity index (χ1n) is 7.57. The smallest absolute Gasteiger partial charge is 0.328 e. The summed E-state index contributed by atoms with van der Waals surface area (Å²) in [6.07, 6.45) is 3.34. The van der Waals surface area contributed by atoms with Crippen molar-refractivity contribution in [3.63, 3.8) is 0 Å². The fourth-order valence-corrected chi connectivity index (χ4v) is 2.49. The number of nitrogens with one attached hydrogen (secondary N) is 1. The highest BCUT2D eigenvalue weighted by Gasteiger charge is 2.21. The Bertz CT molecular complexity index is 532. The van der Waals surface area contributed by atoms with E-state index in [-0.39, 0.29) is 5.91 Å². The van der Waals surface area contributed by atoms with Gasteiger partial charge in [-0.25, -0.2) is 4.79 Å². The molecule has 132 valence electrons. The van der Waals surface area contributed by atoms with Gasteiger partial charge in [0.25, 0.3) is 0 Å². The van der Waals surface area contributed by atoms with Gasteiger partial charge in [0.15, 0.2) is 0 Å². The number of nitrogens with zero attached hydrogens (tertiary/aromatic N) is 1. The van der Waals surface area contributed by atoms with Crippen molar-refractivity contribution in [2.45, 2.75) is 12.5 Å². The molecule has 1 N–H and O–H groups in total. The van der Waals surface area contributed by atoms with Crippen LogP contribution < -0.4 is 5.32 Å². The lowest BCUT2D eigenvalue weighted by atomic mass is 10.1. The van der Waals surface area contributed by atoms with Crippen LogP contribution in [-0.2, 0) is 20.7 Å². The fraction of sp³-hybridized carbons (Fsp3) is 0.412. The van der Waals surface area contributed by atoms with Gasteiger partial charge in [0.1, 0.15) is 6.04 Å². The summed E-state index contributed by atoms with van der Waals surface area (Å²) in [5.74, 6) is -0.00188. The summed E-state index contributed by atoms with van der Waals surface area (Å²) in [4.78, 5) is 25.8. The number of hydrogen-bond donors (Lipinski definition) is 1. The second-order valence-electron chi connectivity index (χ2n) is 5.00. The molecule has 0 heterocycles. The number of benzene rings is 1. The lowest BCUT2D eigenvalue weighted by molar-refractivity contribution is -0.144. The van der Waals surface area contributed by atoms with Gasteiger partial charge >= 0.3 is 5.97 Å². The summed E-state index contributed by atoms with van der Waals surface area (Å²) >= 11 is 11.4. The normalized spacial score (nSPS) is 12.0. The van der Waals surface area contributed by atoms with Crippen molar-refractivity contribution in [3.8, 4) is 0 Å². The second-order valence-corrected chi connectivity index (χ2v) is 5.76. The van der Waals surface area contributed by atoms with Crippen molar-refractivity contribution in [1.29, 1.82) is 0 Å². The van der Waals surface area contributed by atoms with Crippen LogP contribution in [0.1, 0.15) is 5.56 Å². The number of ether oxygens (including phenoxy) is 1. The Balaban J connectivity index is 2.68. The van der Waals surface area contributed by atoms with Crippen molar-refractivity contribution in [2.75, 3.05) is 32.0 Å². The van der Waals surface area contributed by atoms with Crippen LogP contribution in [0.4, 0.5) is 0 Å². The minimum absolute atomic E-state index is 0.361. The van der Waals surface area contributed by atoms with Gasteiger partial charge in [0, 0.05) is 43.5 Å². The van der Waals surface area contributed by atoms with Crippen LogP contribution in [-0.4, -0.2) is 54.8 Å². The summed E-state index contributed by atoms with van der Waals surface area (Å²) in [5, 5.41) is 2.66. The number of rotatable bonds is 10. The van der Waals surface area contributed by atoms with Crippen molar-refractivity contribution in [3.05, 3.63) is 48.2 Å². The van der Waals surface area contributed by atoms with Crippen LogP contribution >= 0.6 is 23.2 Å². The largest absolute Gasteiger partial charge is 0.467 e. The Labute approximate surface area is 152 Å². The number of alkyl halides is 2. The Morgan fingerprint density at radius 2 is 1.83 bits per heavy atom. The van der Waals surface area contributed by atoms with Gasteiger partial charge in [-0.1, -0.05) is 30.3 Å². The zero-order chi connectivity index (χ0) is 17.8. The molecule has 1 amide bonds. The van der Waals surface area contributed by atoms with E-state index in [9.17, 15) is 9.59 Å². The molecule has 24 heavy (non-hydrogen) atoms. The van der Waals surface area contributed by atoms with Crippen LogP contribution in [0.15, 0.2) is 42.6 Å². The van der Waals surface area contributed by atoms with Crippen LogP contribution in [0.3, 0.4) is 0 Å². The predicted octanol–water partition coefficient (Wildman–Crippen LogP) is 2.18. The fourth-order valence-electron chi connectivity index (χ4n) is 2.06. The van der Waals surface area contributed by atoms with E-state index in [1.54, 1.807) is 6.20 Å². The van der Waals surface area contributed by atoms with Crippen molar-refractivity contribution in [2.24, 2.45) is 0 Å². The Morgan fingerprint density at radius 3 is 2.38 bits per heavy atom. The van der Waals surface area contributed by atoms with Gasteiger partial charge in [0.05, 0.1) is 7.11 Å². The second kappa shape index (κ2) is 11.8.